The van der Waals surface area contributed by atoms with Crippen molar-refractivity contribution in [2.75, 3.05) is 7.11 Å². The molecule has 2 aromatic rings. The van der Waals surface area contributed by atoms with E-state index in [0.717, 1.165) is 5.75 Å². The lowest BCUT2D eigenvalue weighted by Crippen LogP contribution is -2.57. The Kier molecular flexibility index (Phi) is 4.91. The largest absolute Gasteiger partial charge is 0.497 e. The number of aryl methyl sites for hydroxylation is 1. The molecular weight excluding hydrogens is 342 g/mol. The first kappa shape index (κ1) is 18.0. The summed E-state index contributed by atoms with van der Waals surface area (Å²) in [5, 5.41) is 13.6. The molecule has 2 saturated carbocycles. The zero-order chi connectivity index (χ0) is 19.0. The maximum atomic E-state index is 12.2. The minimum absolute atomic E-state index is 0.177. The van der Waals surface area contributed by atoms with Gasteiger partial charge in [-0.3, -0.25) is 4.79 Å². The molecule has 0 radical (unpaired) electrons. The van der Waals surface area contributed by atoms with Gasteiger partial charge < -0.3 is 20.1 Å². The number of aromatic nitrogens is 2. The average molecular weight is 369 g/mol. The van der Waals surface area contributed by atoms with Gasteiger partial charge in [-0.05, 0) is 49.3 Å². The summed E-state index contributed by atoms with van der Waals surface area (Å²) in [5.41, 5.74) is 1.36. The molecule has 1 heterocycles. The molecule has 0 unspecified atom stereocenters. The normalized spacial score (nSPS) is 26.9. The molecule has 2 aliphatic carbocycles. The molecule has 4 rings (SSSR count). The number of nitrogens with zero attached hydrogens (tertiary/aromatic N) is 1. The van der Waals surface area contributed by atoms with Gasteiger partial charge in [0.1, 0.15) is 11.6 Å². The fraction of sp³-hybridized carbons (Fsp3) is 0.524. The highest BCUT2D eigenvalue weighted by Gasteiger charge is 2.50. The van der Waals surface area contributed by atoms with Crippen molar-refractivity contribution in [3.8, 4) is 11.6 Å². The van der Waals surface area contributed by atoms with E-state index in [-0.39, 0.29) is 11.4 Å². The Morgan fingerprint density at radius 3 is 2.59 bits per heavy atom. The van der Waals surface area contributed by atoms with Gasteiger partial charge in [-0.25, -0.2) is 4.98 Å². The smallest absolute Gasteiger partial charge is 0.259 e. The molecule has 2 fully saturated rings. The van der Waals surface area contributed by atoms with Crippen LogP contribution in [0.2, 0.25) is 0 Å². The summed E-state index contributed by atoms with van der Waals surface area (Å²) in [6, 6.07) is 8.65. The van der Waals surface area contributed by atoms with E-state index in [2.05, 4.69) is 27.4 Å². The van der Waals surface area contributed by atoms with Crippen molar-refractivity contribution in [1.29, 1.82) is 0 Å². The minimum atomic E-state index is -0.270. The van der Waals surface area contributed by atoms with Gasteiger partial charge in [0.2, 0.25) is 5.88 Å². The summed E-state index contributed by atoms with van der Waals surface area (Å²) >= 11 is 0. The molecule has 6 nitrogen and oxygen atoms in total. The highest BCUT2D eigenvalue weighted by molar-refractivity contribution is 5.34. The maximum absolute atomic E-state index is 12.2. The fourth-order valence-electron chi connectivity index (χ4n) is 5.00. The van der Waals surface area contributed by atoms with Gasteiger partial charge in [0.05, 0.1) is 12.7 Å². The van der Waals surface area contributed by atoms with E-state index in [9.17, 15) is 9.90 Å². The van der Waals surface area contributed by atoms with Crippen LogP contribution < -0.4 is 15.6 Å². The molecule has 6 heteroatoms. The molecule has 0 amide bonds. The molecule has 4 atom stereocenters. The lowest BCUT2D eigenvalue weighted by atomic mass is 9.53. The fourth-order valence-corrected chi connectivity index (χ4v) is 5.00. The summed E-state index contributed by atoms with van der Waals surface area (Å²) in [6.07, 6.45) is 5.05. The Morgan fingerprint density at radius 1 is 1.22 bits per heavy atom. The number of hydrogen-bond acceptors (Lipinski definition) is 5. The van der Waals surface area contributed by atoms with Crippen LogP contribution in [0.25, 0.3) is 0 Å². The number of ether oxygens (including phenoxy) is 1. The number of aromatic amines is 1. The monoisotopic (exact) mass is 369 g/mol. The number of hydrogen-bond donors (Lipinski definition) is 3. The van der Waals surface area contributed by atoms with E-state index in [1.165, 1.54) is 31.2 Å². The molecule has 1 aromatic heterocycles. The highest BCUT2D eigenvalue weighted by atomic mass is 16.5. The van der Waals surface area contributed by atoms with Gasteiger partial charge in [0, 0.05) is 18.5 Å². The number of aromatic hydroxyl groups is 1. The molecule has 2 aliphatic rings. The van der Waals surface area contributed by atoms with Crippen LogP contribution in [0.1, 0.15) is 48.6 Å². The molecule has 144 valence electrons. The van der Waals surface area contributed by atoms with Gasteiger partial charge in [-0.15, -0.1) is 0 Å². The lowest BCUT2D eigenvalue weighted by molar-refractivity contribution is 0.0252. The molecule has 0 bridgehead atoms. The summed E-state index contributed by atoms with van der Waals surface area (Å²) in [4.78, 5) is 18.8. The molecule has 0 spiro atoms. The van der Waals surface area contributed by atoms with Gasteiger partial charge >= 0.3 is 0 Å². The zero-order valence-corrected chi connectivity index (χ0v) is 15.9. The van der Waals surface area contributed by atoms with Crippen molar-refractivity contribution in [2.24, 2.45) is 11.8 Å². The summed E-state index contributed by atoms with van der Waals surface area (Å²) in [7, 11) is 1.68. The van der Waals surface area contributed by atoms with E-state index in [1.807, 2.05) is 12.1 Å². The summed E-state index contributed by atoms with van der Waals surface area (Å²) in [5.74, 6) is 2.86. The zero-order valence-electron chi connectivity index (χ0n) is 15.9. The van der Waals surface area contributed by atoms with Gasteiger partial charge in [-0.2, -0.15) is 0 Å². The molecule has 0 saturated heterocycles. The van der Waals surface area contributed by atoms with E-state index < -0.39 is 0 Å². The van der Waals surface area contributed by atoms with E-state index in [1.54, 1.807) is 14.0 Å². The second kappa shape index (κ2) is 7.35. The van der Waals surface area contributed by atoms with Gasteiger partial charge in [0.25, 0.3) is 5.56 Å². The van der Waals surface area contributed by atoms with Crippen LogP contribution in [0.15, 0.2) is 29.1 Å². The number of nitrogens with one attached hydrogen (secondary N) is 2. The number of fused-ring (bicyclic) bond motifs is 1. The first-order valence-electron chi connectivity index (χ1n) is 9.74. The minimum Gasteiger partial charge on any atom is -0.497 e. The van der Waals surface area contributed by atoms with Crippen molar-refractivity contribution in [3.05, 3.63) is 51.6 Å². The molecular formula is C21H27N3O3. The van der Waals surface area contributed by atoms with Crippen LogP contribution >= 0.6 is 0 Å². The second-order valence-electron chi connectivity index (χ2n) is 7.77. The number of methoxy groups -OCH3 is 1. The SMILES string of the molecule is COc1ccc([C@H]2[C@@H]3CCCC[C@@H]3[C@@H]2NCc2c(O)nc(C)[nH]c2=O)cc1. The molecule has 0 aliphatic heterocycles. The van der Waals surface area contributed by atoms with Crippen LogP contribution in [-0.2, 0) is 6.54 Å². The number of benzene rings is 1. The predicted octanol–water partition coefficient (Wildman–Crippen LogP) is 2.85. The van der Waals surface area contributed by atoms with Crippen LogP contribution in [0.5, 0.6) is 11.6 Å². The Balaban J connectivity index is 1.54. The maximum Gasteiger partial charge on any atom is 0.259 e. The second-order valence-corrected chi connectivity index (χ2v) is 7.77. The Morgan fingerprint density at radius 2 is 1.93 bits per heavy atom. The Labute approximate surface area is 159 Å². The van der Waals surface area contributed by atoms with Gasteiger partial charge in [-0.1, -0.05) is 25.0 Å². The lowest BCUT2D eigenvalue weighted by Gasteiger charge is -2.55. The first-order chi connectivity index (χ1) is 13.1. The Hall–Kier alpha value is -2.34. The standard InChI is InChI=1S/C21H27N3O3/c1-12-23-20(25)17(21(26)24-12)11-22-19-16-6-4-3-5-15(16)18(19)13-7-9-14(27-2)10-8-13/h7-10,15-16,18-19,22H,3-6,11H2,1-2H3,(H2,23,24,25,26)/t15-,16+,18+,19+/m1/s1. The van der Waals surface area contributed by atoms with E-state index in [4.69, 9.17) is 4.74 Å². The van der Waals surface area contributed by atoms with Crippen molar-refractivity contribution < 1.29 is 9.84 Å². The van der Waals surface area contributed by atoms with Crippen LogP contribution in [0.3, 0.4) is 0 Å². The van der Waals surface area contributed by atoms with Crippen molar-refractivity contribution in [3.63, 3.8) is 0 Å². The average Bonchev–Trinajstić information content (AvgIpc) is 2.65. The Bertz CT molecular complexity index is 862. The van der Waals surface area contributed by atoms with Crippen LogP contribution in [-0.4, -0.2) is 28.2 Å². The molecule has 1 aromatic carbocycles. The first-order valence-corrected chi connectivity index (χ1v) is 9.74. The third-order valence-corrected chi connectivity index (χ3v) is 6.31. The van der Waals surface area contributed by atoms with Crippen molar-refractivity contribution in [1.82, 2.24) is 15.3 Å². The number of rotatable bonds is 5. The van der Waals surface area contributed by atoms with Crippen LogP contribution in [0.4, 0.5) is 0 Å². The van der Waals surface area contributed by atoms with Crippen molar-refractivity contribution in [2.45, 2.75) is 51.1 Å². The summed E-state index contributed by atoms with van der Waals surface area (Å²) < 4.78 is 5.29. The summed E-state index contributed by atoms with van der Waals surface area (Å²) in [6.45, 7) is 1.99. The van der Waals surface area contributed by atoms with Crippen LogP contribution in [0, 0.1) is 18.8 Å². The van der Waals surface area contributed by atoms with Gasteiger partial charge in [0.15, 0.2) is 0 Å². The van der Waals surface area contributed by atoms with E-state index in [0.29, 0.717) is 41.7 Å². The molecule has 3 N–H and O–H groups in total. The highest BCUT2D eigenvalue weighted by Crippen LogP contribution is 2.54. The predicted molar refractivity (Wildman–Crippen MR) is 103 cm³/mol. The third kappa shape index (κ3) is 3.34. The van der Waals surface area contributed by atoms with E-state index >= 15 is 0 Å². The third-order valence-electron chi connectivity index (χ3n) is 6.31. The topological polar surface area (TPSA) is 87.2 Å². The molecule has 27 heavy (non-hydrogen) atoms. The quantitative estimate of drug-likeness (QED) is 0.754. The number of H-pyrrole nitrogens is 1. The van der Waals surface area contributed by atoms with Crippen molar-refractivity contribution >= 4 is 0 Å².